The summed E-state index contributed by atoms with van der Waals surface area (Å²) in [5.41, 5.74) is 1.29. The van der Waals surface area contributed by atoms with E-state index < -0.39 is 0 Å². The zero-order valence-electron chi connectivity index (χ0n) is 11.4. The Hall–Kier alpha value is -1.00. The zero-order valence-corrected chi connectivity index (χ0v) is 11.4. The molecule has 18 heavy (non-hydrogen) atoms. The number of aryl methyl sites for hydroxylation is 1. The van der Waals surface area contributed by atoms with Crippen LogP contribution in [0.5, 0.6) is 0 Å². The normalized spacial score (nSPS) is 28.3. The molecule has 1 N–H and O–H groups in total. The second-order valence-electron chi connectivity index (χ2n) is 5.36. The highest BCUT2D eigenvalue weighted by atomic mass is 16.5. The fourth-order valence-electron chi connectivity index (χ4n) is 2.85. The highest BCUT2D eigenvalue weighted by molar-refractivity contribution is 5.18. The second kappa shape index (κ2) is 5.33. The molecule has 0 aliphatic heterocycles. The van der Waals surface area contributed by atoms with Gasteiger partial charge in [0.1, 0.15) is 5.60 Å². The number of aromatic nitrogens is 2. The lowest BCUT2D eigenvalue weighted by atomic mass is 9.78. The molecular formula is C14H22N2O2. The molecule has 100 valence electrons. The first kappa shape index (κ1) is 13.4. The van der Waals surface area contributed by atoms with Gasteiger partial charge in [0.25, 0.3) is 0 Å². The minimum Gasteiger partial charge on any atom is -0.392 e. The predicted molar refractivity (Wildman–Crippen MR) is 69.0 cm³/mol. The highest BCUT2D eigenvalue weighted by Crippen LogP contribution is 2.41. The van der Waals surface area contributed by atoms with Crippen LogP contribution in [0.2, 0.25) is 0 Å². The van der Waals surface area contributed by atoms with Crippen LogP contribution < -0.4 is 0 Å². The van der Waals surface area contributed by atoms with E-state index in [1.165, 1.54) is 6.42 Å². The fraction of sp³-hybridized carbons (Fsp3) is 0.714. The lowest BCUT2D eigenvalue weighted by molar-refractivity contribution is -0.0648. The third kappa shape index (κ3) is 2.40. The minimum atomic E-state index is -0.337. The number of methoxy groups -OCH3 is 1. The van der Waals surface area contributed by atoms with E-state index in [0.717, 1.165) is 36.3 Å². The second-order valence-corrected chi connectivity index (χ2v) is 5.36. The van der Waals surface area contributed by atoms with Gasteiger partial charge in [-0.3, -0.25) is 0 Å². The van der Waals surface area contributed by atoms with Crippen molar-refractivity contribution >= 4 is 0 Å². The van der Waals surface area contributed by atoms with Crippen LogP contribution in [0.1, 0.15) is 49.7 Å². The van der Waals surface area contributed by atoms with Gasteiger partial charge in [0.2, 0.25) is 0 Å². The van der Waals surface area contributed by atoms with Gasteiger partial charge >= 0.3 is 0 Å². The van der Waals surface area contributed by atoms with Crippen LogP contribution in [0.3, 0.4) is 0 Å². The van der Waals surface area contributed by atoms with E-state index in [1.807, 2.05) is 6.92 Å². The number of nitrogens with zero attached hydrogens (tertiary/aromatic N) is 2. The van der Waals surface area contributed by atoms with Gasteiger partial charge in [-0.1, -0.05) is 13.3 Å². The summed E-state index contributed by atoms with van der Waals surface area (Å²) in [4.78, 5) is 8.96. The summed E-state index contributed by atoms with van der Waals surface area (Å²) in [7, 11) is 1.75. The summed E-state index contributed by atoms with van der Waals surface area (Å²) >= 11 is 0. The Morgan fingerprint density at radius 1 is 1.56 bits per heavy atom. The molecule has 0 radical (unpaired) electrons. The van der Waals surface area contributed by atoms with Crippen LogP contribution in [0.25, 0.3) is 0 Å². The van der Waals surface area contributed by atoms with E-state index in [4.69, 9.17) is 4.74 Å². The molecule has 2 unspecified atom stereocenters. The molecule has 0 amide bonds. The molecule has 0 bridgehead atoms. The van der Waals surface area contributed by atoms with E-state index in [9.17, 15) is 5.11 Å². The third-order valence-electron chi connectivity index (χ3n) is 4.01. The maximum Gasteiger partial charge on any atom is 0.160 e. The van der Waals surface area contributed by atoms with Crippen molar-refractivity contribution < 1.29 is 9.84 Å². The molecule has 4 nitrogen and oxygen atoms in total. The first-order chi connectivity index (χ1) is 8.61. The maximum absolute atomic E-state index is 9.17. The van der Waals surface area contributed by atoms with Crippen molar-refractivity contribution in [3.8, 4) is 0 Å². The van der Waals surface area contributed by atoms with E-state index >= 15 is 0 Å². The van der Waals surface area contributed by atoms with Crippen LogP contribution in [0, 0.1) is 12.8 Å². The number of aliphatic hydroxyl groups excluding tert-OH is 1. The molecule has 2 rings (SSSR count). The van der Waals surface area contributed by atoms with Gasteiger partial charge in [-0.15, -0.1) is 0 Å². The first-order valence-electron chi connectivity index (χ1n) is 6.60. The van der Waals surface area contributed by atoms with Crippen molar-refractivity contribution in [2.75, 3.05) is 7.11 Å². The molecule has 1 heterocycles. The van der Waals surface area contributed by atoms with Crippen molar-refractivity contribution in [1.29, 1.82) is 0 Å². The van der Waals surface area contributed by atoms with E-state index in [0.29, 0.717) is 5.92 Å². The van der Waals surface area contributed by atoms with Crippen LogP contribution in [0.4, 0.5) is 0 Å². The quantitative estimate of drug-likeness (QED) is 0.894. The number of aliphatic hydroxyl groups is 1. The number of hydrogen-bond donors (Lipinski definition) is 1. The largest absolute Gasteiger partial charge is 0.392 e. The first-order valence-corrected chi connectivity index (χ1v) is 6.60. The minimum absolute atomic E-state index is 0.0114. The fourth-order valence-corrected chi connectivity index (χ4v) is 2.85. The Bertz CT molecular complexity index is 422. The Morgan fingerprint density at radius 2 is 2.33 bits per heavy atom. The predicted octanol–water partition coefficient (Wildman–Crippen LogP) is 2.33. The molecule has 2 atom stereocenters. The maximum atomic E-state index is 9.17. The topological polar surface area (TPSA) is 55.2 Å². The lowest BCUT2D eigenvalue weighted by Gasteiger charge is -2.37. The van der Waals surface area contributed by atoms with Gasteiger partial charge in [0, 0.05) is 24.6 Å². The summed E-state index contributed by atoms with van der Waals surface area (Å²) in [6, 6.07) is 0. The SMILES string of the molecule is COC1(c2ncc(CO)c(C)n2)CCCC(C)C1. The zero-order chi connectivity index (χ0) is 13.2. The molecular weight excluding hydrogens is 228 g/mol. The van der Waals surface area contributed by atoms with E-state index in [2.05, 4.69) is 16.9 Å². The van der Waals surface area contributed by atoms with Crippen LogP contribution in [0.15, 0.2) is 6.20 Å². The summed E-state index contributed by atoms with van der Waals surface area (Å²) in [5.74, 6) is 1.41. The van der Waals surface area contributed by atoms with E-state index in [1.54, 1.807) is 13.3 Å². The molecule has 1 aromatic heterocycles. The average molecular weight is 250 g/mol. The van der Waals surface area contributed by atoms with Gasteiger partial charge in [-0.2, -0.15) is 0 Å². The summed E-state index contributed by atoms with van der Waals surface area (Å²) in [6.45, 7) is 4.15. The monoisotopic (exact) mass is 250 g/mol. The van der Waals surface area contributed by atoms with Crippen molar-refractivity contribution in [3.05, 3.63) is 23.3 Å². The van der Waals surface area contributed by atoms with Crippen molar-refractivity contribution in [3.63, 3.8) is 0 Å². The summed E-state index contributed by atoms with van der Waals surface area (Å²) < 4.78 is 5.78. The molecule has 4 heteroatoms. The van der Waals surface area contributed by atoms with Gasteiger partial charge < -0.3 is 9.84 Å². The lowest BCUT2D eigenvalue weighted by Crippen LogP contribution is -2.36. The molecule has 0 saturated heterocycles. The van der Waals surface area contributed by atoms with Gasteiger partial charge in [0.15, 0.2) is 5.82 Å². The Morgan fingerprint density at radius 3 is 2.89 bits per heavy atom. The van der Waals surface area contributed by atoms with Crippen molar-refractivity contribution in [2.45, 2.75) is 51.7 Å². The molecule has 1 fully saturated rings. The molecule has 1 aromatic rings. The van der Waals surface area contributed by atoms with Crippen LogP contribution in [-0.2, 0) is 16.9 Å². The van der Waals surface area contributed by atoms with E-state index in [-0.39, 0.29) is 12.2 Å². The number of hydrogen-bond acceptors (Lipinski definition) is 4. The van der Waals surface area contributed by atoms with Gasteiger partial charge in [-0.05, 0) is 32.1 Å². The van der Waals surface area contributed by atoms with Crippen molar-refractivity contribution in [2.24, 2.45) is 5.92 Å². The smallest absolute Gasteiger partial charge is 0.160 e. The standard InChI is InChI=1S/C14H22N2O2/c1-10-5-4-6-14(7-10,18-3)13-15-8-12(9-17)11(2)16-13/h8,10,17H,4-7,9H2,1-3H3. The van der Waals surface area contributed by atoms with Gasteiger partial charge in [0.05, 0.1) is 6.61 Å². The van der Waals surface area contributed by atoms with Gasteiger partial charge in [-0.25, -0.2) is 9.97 Å². The number of ether oxygens (including phenoxy) is 1. The average Bonchev–Trinajstić information content (AvgIpc) is 2.38. The van der Waals surface area contributed by atoms with Crippen molar-refractivity contribution in [1.82, 2.24) is 9.97 Å². The van der Waals surface area contributed by atoms with Crippen LogP contribution in [-0.4, -0.2) is 22.2 Å². The summed E-state index contributed by atoms with van der Waals surface area (Å²) in [5, 5.41) is 9.17. The highest BCUT2D eigenvalue weighted by Gasteiger charge is 2.39. The van der Waals surface area contributed by atoms with Crippen LogP contribution >= 0.6 is 0 Å². The third-order valence-corrected chi connectivity index (χ3v) is 4.01. The molecule has 1 aliphatic rings. The Balaban J connectivity index is 2.35. The molecule has 0 aromatic carbocycles. The number of rotatable bonds is 3. The molecule has 1 saturated carbocycles. The molecule has 0 spiro atoms. The molecule has 1 aliphatic carbocycles. The summed E-state index contributed by atoms with van der Waals surface area (Å²) in [6.07, 6.45) is 6.07. The Kier molecular flexibility index (Phi) is 3.97. The Labute approximate surface area is 108 Å².